The summed E-state index contributed by atoms with van der Waals surface area (Å²) in [7, 11) is 3.01. The number of rotatable bonds is 5. The molecule has 3 rings (SSSR count). The van der Waals surface area contributed by atoms with Crippen LogP contribution in [0.15, 0.2) is 30.7 Å². The van der Waals surface area contributed by atoms with Gasteiger partial charge in [0.1, 0.15) is 5.52 Å². The highest BCUT2D eigenvalue weighted by Gasteiger charge is 2.12. The second-order valence-corrected chi connectivity index (χ2v) is 4.72. The molecule has 22 heavy (non-hydrogen) atoms. The van der Waals surface area contributed by atoms with Crippen molar-refractivity contribution < 1.29 is 14.3 Å². The van der Waals surface area contributed by atoms with E-state index in [0.717, 1.165) is 22.4 Å². The Bertz CT molecular complexity index is 828. The number of hydrogen-bond donors (Lipinski definition) is 1. The van der Waals surface area contributed by atoms with Crippen LogP contribution in [0.3, 0.4) is 0 Å². The fraction of sp³-hybridized carbons (Fsp3) is 0.267. The van der Waals surface area contributed by atoms with Crippen molar-refractivity contribution in [1.29, 1.82) is 0 Å². The van der Waals surface area contributed by atoms with Crippen LogP contribution in [0.2, 0.25) is 0 Å². The Morgan fingerprint density at radius 1 is 1.32 bits per heavy atom. The van der Waals surface area contributed by atoms with Gasteiger partial charge in [0.05, 0.1) is 42.8 Å². The SMILES string of the molecule is COCCNc1nc2ccc(C(=O)OC)cc2n2cncc12. The fourth-order valence-corrected chi connectivity index (χ4v) is 2.30. The highest BCUT2D eigenvalue weighted by atomic mass is 16.5. The second-order valence-electron chi connectivity index (χ2n) is 4.72. The van der Waals surface area contributed by atoms with Gasteiger partial charge < -0.3 is 14.8 Å². The van der Waals surface area contributed by atoms with Gasteiger partial charge in [0.15, 0.2) is 5.82 Å². The lowest BCUT2D eigenvalue weighted by molar-refractivity contribution is 0.0601. The number of aromatic nitrogens is 3. The summed E-state index contributed by atoms with van der Waals surface area (Å²) in [5.74, 6) is 0.352. The van der Waals surface area contributed by atoms with Gasteiger partial charge >= 0.3 is 5.97 Å². The van der Waals surface area contributed by atoms with Crippen LogP contribution < -0.4 is 5.32 Å². The van der Waals surface area contributed by atoms with Gasteiger partial charge in [0.2, 0.25) is 0 Å². The molecule has 114 valence electrons. The van der Waals surface area contributed by atoms with Crippen molar-refractivity contribution in [2.24, 2.45) is 0 Å². The molecule has 3 aromatic rings. The molecular weight excluding hydrogens is 284 g/mol. The van der Waals surface area contributed by atoms with Crippen molar-refractivity contribution in [1.82, 2.24) is 14.4 Å². The maximum absolute atomic E-state index is 11.7. The highest BCUT2D eigenvalue weighted by Crippen LogP contribution is 2.22. The summed E-state index contributed by atoms with van der Waals surface area (Å²) in [6, 6.07) is 5.24. The van der Waals surface area contributed by atoms with E-state index in [4.69, 9.17) is 9.47 Å². The van der Waals surface area contributed by atoms with Crippen LogP contribution in [0.25, 0.3) is 16.6 Å². The zero-order chi connectivity index (χ0) is 15.5. The molecule has 0 fully saturated rings. The monoisotopic (exact) mass is 300 g/mol. The molecule has 1 aromatic carbocycles. The first kappa shape index (κ1) is 14.3. The normalized spacial score (nSPS) is 11.0. The standard InChI is InChI=1S/C15H16N4O3/c1-21-6-5-17-14-13-8-16-9-19(13)12-7-10(15(20)22-2)3-4-11(12)18-14/h3-4,7-9H,5-6H2,1-2H3,(H,17,18). The minimum Gasteiger partial charge on any atom is -0.465 e. The van der Waals surface area contributed by atoms with Gasteiger partial charge in [-0.25, -0.2) is 14.8 Å². The molecule has 0 saturated heterocycles. The lowest BCUT2D eigenvalue weighted by atomic mass is 10.2. The van der Waals surface area contributed by atoms with Crippen molar-refractivity contribution >= 4 is 28.3 Å². The average molecular weight is 300 g/mol. The molecule has 7 heteroatoms. The van der Waals surface area contributed by atoms with Crippen molar-refractivity contribution in [3.8, 4) is 0 Å². The van der Waals surface area contributed by atoms with E-state index in [0.29, 0.717) is 18.7 Å². The highest BCUT2D eigenvalue weighted by molar-refractivity contribution is 5.94. The number of carbonyl (C=O) groups is 1. The Morgan fingerprint density at radius 3 is 2.95 bits per heavy atom. The van der Waals surface area contributed by atoms with Crippen LogP contribution in [-0.2, 0) is 9.47 Å². The Balaban J connectivity index is 2.12. The molecule has 0 radical (unpaired) electrons. The summed E-state index contributed by atoms with van der Waals surface area (Å²) >= 11 is 0. The summed E-state index contributed by atoms with van der Waals surface area (Å²) in [5, 5.41) is 3.23. The molecule has 7 nitrogen and oxygen atoms in total. The third kappa shape index (κ3) is 2.46. The lowest BCUT2D eigenvalue weighted by Gasteiger charge is -2.10. The summed E-state index contributed by atoms with van der Waals surface area (Å²) in [4.78, 5) is 20.4. The topological polar surface area (TPSA) is 77.8 Å². The van der Waals surface area contributed by atoms with Crippen molar-refractivity contribution in [2.75, 3.05) is 32.7 Å². The smallest absolute Gasteiger partial charge is 0.337 e. The summed E-state index contributed by atoms with van der Waals surface area (Å²) in [5.41, 5.74) is 2.88. The number of nitrogens with zero attached hydrogens (tertiary/aromatic N) is 3. The van der Waals surface area contributed by atoms with Crippen LogP contribution >= 0.6 is 0 Å². The quantitative estimate of drug-likeness (QED) is 0.571. The minimum absolute atomic E-state index is 0.377. The first-order chi connectivity index (χ1) is 10.7. The minimum atomic E-state index is -0.377. The third-order valence-corrected chi connectivity index (χ3v) is 3.37. The number of fused-ring (bicyclic) bond motifs is 3. The Kier molecular flexibility index (Phi) is 3.88. The van der Waals surface area contributed by atoms with Crippen molar-refractivity contribution in [3.63, 3.8) is 0 Å². The number of carbonyl (C=O) groups excluding carboxylic acids is 1. The molecule has 0 aliphatic carbocycles. The van der Waals surface area contributed by atoms with Crippen LogP contribution in [-0.4, -0.2) is 47.7 Å². The molecule has 2 aromatic heterocycles. The van der Waals surface area contributed by atoms with E-state index in [-0.39, 0.29) is 5.97 Å². The third-order valence-electron chi connectivity index (χ3n) is 3.37. The van der Waals surface area contributed by atoms with Crippen LogP contribution in [0.5, 0.6) is 0 Å². The van der Waals surface area contributed by atoms with E-state index in [1.54, 1.807) is 37.8 Å². The summed E-state index contributed by atoms with van der Waals surface area (Å²) < 4.78 is 11.7. The number of benzene rings is 1. The maximum atomic E-state index is 11.7. The molecule has 0 spiro atoms. The van der Waals surface area contributed by atoms with Crippen LogP contribution in [0, 0.1) is 0 Å². The van der Waals surface area contributed by atoms with Gasteiger partial charge in [0, 0.05) is 13.7 Å². The first-order valence-corrected chi connectivity index (χ1v) is 6.81. The number of ether oxygens (including phenoxy) is 2. The van der Waals surface area contributed by atoms with E-state index in [9.17, 15) is 4.79 Å². The largest absolute Gasteiger partial charge is 0.465 e. The van der Waals surface area contributed by atoms with E-state index < -0.39 is 0 Å². The molecule has 0 atom stereocenters. The molecule has 0 unspecified atom stereocenters. The summed E-state index contributed by atoms with van der Waals surface area (Å²) in [6.45, 7) is 1.23. The Morgan fingerprint density at radius 2 is 2.18 bits per heavy atom. The molecule has 0 bridgehead atoms. The number of methoxy groups -OCH3 is 2. The van der Waals surface area contributed by atoms with Gasteiger partial charge in [0.25, 0.3) is 0 Å². The first-order valence-electron chi connectivity index (χ1n) is 6.81. The van der Waals surface area contributed by atoms with Crippen LogP contribution in [0.4, 0.5) is 5.82 Å². The fourth-order valence-electron chi connectivity index (χ4n) is 2.30. The zero-order valence-corrected chi connectivity index (χ0v) is 12.4. The maximum Gasteiger partial charge on any atom is 0.337 e. The molecule has 0 aliphatic rings. The van der Waals surface area contributed by atoms with E-state index in [1.807, 2.05) is 4.40 Å². The van der Waals surface area contributed by atoms with Crippen LogP contribution in [0.1, 0.15) is 10.4 Å². The number of hydrogen-bond acceptors (Lipinski definition) is 6. The predicted molar refractivity (Wildman–Crippen MR) is 82.2 cm³/mol. The van der Waals surface area contributed by atoms with E-state index in [1.165, 1.54) is 7.11 Å². The molecule has 0 amide bonds. The zero-order valence-electron chi connectivity index (χ0n) is 12.4. The average Bonchev–Trinajstić information content (AvgIpc) is 3.04. The van der Waals surface area contributed by atoms with E-state index in [2.05, 4.69) is 15.3 Å². The van der Waals surface area contributed by atoms with Gasteiger partial charge in [-0.3, -0.25) is 4.40 Å². The van der Waals surface area contributed by atoms with Gasteiger partial charge in [-0.1, -0.05) is 0 Å². The summed E-state index contributed by atoms with van der Waals surface area (Å²) in [6.07, 6.45) is 3.42. The molecule has 0 aliphatic heterocycles. The van der Waals surface area contributed by atoms with Gasteiger partial charge in [-0.15, -0.1) is 0 Å². The second kappa shape index (κ2) is 5.98. The number of esters is 1. The van der Waals surface area contributed by atoms with E-state index >= 15 is 0 Å². The van der Waals surface area contributed by atoms with Gasteiger partial charge in [-0.2, -0.15) is 0 Å². The molecule has 0 saturated carbocycles. The Hall–Kier alpha value is -2.67. The molecule has 1 N–H and O–H groups in total. The molecular formula is C15H16N4O3. The van der Waals surface area contributed by atoms with Crippen molar-refractivity contribution in [2.45, 2.75) is 0 Å². The number of anilines is 1. The van der Waals surface area contributed by atoms with Crippen molar-refractivity contribution in [3.05, 3.63) is 36.3 Å². The molecule has 2 heterocycles. The lowest BCUT2D eigenvalue weighted by Crippen LogP contribution is -2.10. The Labute approximate surface area is 126 Å². The number of imidazole rings is 1. The number of nitrogens with one attached hydrogen (secondary N) is 1. The van der Waals surface area contributed by atoms with Gasteiger partial charge in [-0.05, 0) is 18.2 Å². The predicted octanol–water partition coefficient (Wildman–Crippen LogP) is 1.73.